The van der Waals surface area contributed by atoms with E-state index in [2.05, 4.69) is 10.6 Å². The third-order valence-electron chi connectivity index (χ3n) is 3.18. The molecule has 0 unspecified atom stereocenters. The number of hydrogen-bond acceptors (Lipinski definition) is 2. The Labute approximate surface area is 121 Å². The Kier molecular flexibility index (Phi) is 5.74. The number of anilines is 1. The molecule has 1 aromatic carbocycles. The van der Waals surface area contributed by atoms with Gasteiger partial charge in [0.25, 0.3) is 0 Å². The van der Waals surface area contributed by atoms with Crippen molar-refractivity contribution < 1.29 is 9.59 Å². The second-order valence-corrected chi connectivity index (χ2v) is 5.67. The SMILES string of the molecule is CC(=O)N[C@H](CC(C)C)C(=O)Nc1ccc(C)c(C)c1. The van der Waals surface area contributed by atoms with E-state index in [1.54, 1.807) is 0 Å². The molecule has 0 spiro atoms. The highest BCUT2D eigenvalue weighted by atomic mass is 16.2. The molecular formula is C16H24N2O2. The lowest BCUT2D eigenvalue weighted by atomic mass is 10.0. The summed E-state index contributed by atoms with van der Waals surface area (Å²) in [5, 5.41) is 5.57. The van der Waals surface area contributed by atoms with Crippen LogP contribution in [-0.4, -0.2) is 17.9 Å². The van der Waals surface area contributed by atoms with Crippen LogP contribution in [0, 0.1) is 19.8 Å². The molecule has 1 aromatic rings. The largest absolute Gasteiger partial charge is 0.345 e. The Hall–Kier alpha value is -1.84. The van der Waals surface area contributed by atoms with Gasteiger partial charge in [-0.2, -0.15) is 0 Å². The highest BCUT2D eigenvalue weighted by Gasteiger charge is 2.20. The first-order valence-electron chi connectivity index (χ1n) is 6.94. The number of aryl methyl sites for hydroxylation is 2. The van der Waals surface area contributed by atoms with E-state index in [9.17, 15) is 9.59 Å². The zero-order valence-corrected chi connectivity index (χ0v) is 12.9. The quantitative estimate of drug-likeness (QED) is 0.868. The van der Waals surface area contributed by atoms with Gasteiger partial charge in [-0.3, -0.25) is 9.59 Å². The number of benzene rings is 1. The lowest BCUT2D eigenvalue weighted by molar-refractivity contribution is -0.125. The van der Waals surface area contributed by atoms with Crippen LogP contribution in [-0.2, 0) is 9.59 Å². The van der Waals surface area contributed by atoms with Crippen LogP contribution in [0.2, 0.25) is 0 Å². The molecule has 4 heteroatoms. The summed E-state index contributed by atoms with van der Waals surface area (Å²) < 4.78 is 0. The van der Waals surface area contributed by atoms with Crippen molar-refractivity contribution in [3.05, 3.63) is 29.3 Å². The fraction of sp³-hybridized carbons (Fsp3) is 0.500. The van der Waals surface area contributed by atoms with E-state index in [4.69, 9.17) is 0 Å². The van der Waals surface area contributed by atoms with Gasteiger partial charge in [0.1, 0.15) is 6.04 Å². The number of rotatable bonds is 5. The first kappa shape index (κ1) is 16.2. The molecule has 0 aliphatic heterocycles. The van der Waals surface area contributed by atoms with E-state index in [1.165, 1.54) is 12.5 Å². The molecule has 0 saturated carbocycles. The van der Waals surface area contributed by atoms with Crippen molar-refractivity contribution in [1.29, 1.82) is 0 Å². The van der Waals surface area contributed by atoms with Crippen LogP contribution in [0.4, 0.5) is 5.69 Å². The summed E-state index contributed by atoms with van der Waals surface area (Å²) in [4.78, 5) is 23.5. The van der Waals surface area contributed by atoms with E-state index in [1.807, 2.05) is 45.9 Å². The number of amides is 2. The summed E-state index contributed by atoms with van der Waals surface area (Å²) in [6, 6.07) is 5.29. The molecule has 1 atom stereocenters. The minimum Gasteiger partial charge on any atom is -0.345 e. The minimum absolute atomic E-state index is 0.169. The first-order valence-corrected chi connectivity index (χ1v) is 6.94. The molecule has 20 heavy (non-hydrogen) atoms. The Morgan fingerprint density at radius 2 is 1.80 bits per heavy atom. The van der Waals surface area contributed by atoms with Gasteiger partial charge in [-0.1, -0.05) is 19.9 Å². The summed E-state index contributed by atoms with van der Waals surface area (Å²) in [6.45, 7) is 9.51. The summed E-state index contributed by atoms with van der Waals surface area (Å²) in [5.74, 6) is -0.0274. The summed E-state index contributed by atoms with van der Waals surface area (Å²) in [7, 11) is 0. The standard InChI is InChI=1S/C16H24N2O2/c1-10(2)8-15(17-13(5)19)16(20)18-14-7-6-11(3)12(4)9-14/h6-7,9-10,15H,8H2,1-5H3,(H,17,19)(H,18,20)/t15-/m1/s1. The van der Waals surface area contributed by atoms with Crippen molar-refractivity contribution in [2.75, 3.05) is 5.32 Å². The van der Waals surface area contributed by atoms with E-state index in [0.29, 0.717) is 12.3 Å². The number of hydrogen-bond donors (Lipinski definition) is 2. The smallest absolute Gasteiger partial charge is 0.246 e. The van der Waals surface area contributed by atoms with Gasteiger partial charge in [-0.15, -0.1) is 0 Å². The monoisotopic (exact) mass is 276 g/mol. The molecule has 0 radical (unpaired) electrons. The number of carbonyl (C=O) groups is 2. The molecule has 0 aromatic heterocycles. The molecule has 0 saturated heterocycles. The molecule has 2 N–H and O–H groups in total. The van der Waals surface area contributed by atoms with Crippen LogP contribution >= 0.6 is 0 Å². The Bertz CT molecular complexity index is 495. The topological polar surface area (TPSA) is 58.2 Å². The second kappa shape index (κ2) is 7.08. The van der Waals surface area contributed by atoms with Gasteiger partial charge >= 0.3 is 0 Å². The van der Waals surface area contributed by atoms with Crippen molar-refractivity contribution in [3.63, 3.8) is 0 Å². The third kappa shape index (κ3) is 5.03. The normalized spacial score (nSPS) is 12.1. The van der Waals surface area contributed by atoms with E-state index in [-0.39, 0.29) is 11.8 Å². The fourth-order valence-electron chi connectivity index (χ4n) is 2.00. The van der Waals surface area contributed by atoms with Gasteiger partial charge in [0.15, 0.2) is 0 Å². The third-order valence-corrected chi connectivity index (χ3v) is 3.18. The molecule has 110 valence electrons. The molecule has 0 aliphatic rings. The molecule has 2 amide bonds. The molecule has 0 heterocycles. The van der Waals surface area contributed by atoms with Crippen molar-refractivity contribution in [3.8, 4) is 0 Å². The predicted molar refractivity (Wildman–Crippen MR) is 81.6 cm³/mol. The average Bonchev–Trinajstić information content (AvgIpc) is 2.32. The van der Waals surface area contributed by atoms with Crippen LogP contribution < -0.4 is 10.6 Å². The average molecular weight is 276 g/mol. The predicted octanol–water partition coefficient (Wildman–Crippen LogP) is 2.79. The van der Waals surface area contributed by atoms with Gasteiger partial charge in [0.05, 0.1) is 0 Å². The van der Waals surface area contributed by atoms with Crippen LogP contribution in [0.25, 0.3) is 0 Å². The van der Waals surface area contributed by atoms with Gasteiger partial charge in [0, 0.05) is 12.6 Å². The molecule has 1 rings (SSSR count). The summed E-state index contributed by atoms with van der Waals surface area (Å²) in [5.41, 5.74) is 3.07. The lowest BCUT2D eigenvalue weighted by Gasteiger charge is -2.19. The number of carbonyl (C=O) groups excluding carboxylic acids is 2. The maximum absolute atomic E-state index is 12.3. The van der Waals surface area contributed by atoms with Gasteiger partial charge in [-0.05, 0) is 49.4 Å². The molecule has 0 fully saturated rings. The second-order valence-electron chi connectivity index (χ2n) is 5.67. The van der Waals surface area contributed by atoms with Crippen molar-refractivity contribution in [2.24, 2.45) is 5.92 Å². The zero-order chi connectivity index (χ0) is 15.3. The fourth-order valence-corrected chi connectivity index (χ4v) is 2.00. The first-order chi connectivity index (χ1) is 9.29. The summed E-state index contributed by atoms with van der Waals surface area (Å²) >= 11 is 0. The Morgan fingerprint density at radius 1 is 1.15 bits per heavy atom. The van der Waals surface area contributed by atoms with Crippen LogP contribution in [0.3, 0.4) is 0 Å². The molecule has 4 nitrogen and oxygen atoms in total. The van der Waals surface area contributed by atoms with Crippen molar-refractivity contribution >= 4 is 17.5 Å². The highest BCUT2D eigenvalue weighted by molar-refractivity contribution is 5.97. The Balaban J connectivity index is 2.78. The van der Waals surface area contributed by atoms with Crippen LogP contribution in [0.1, 0.15) is 38.3 Å². The summed E-state index contributed by atoms with van der Waals surface area (Å²) in [6.07, 6.45) is 0.621. The highest BCUT2D eigenvalue weighted by Crippen LogP contribution is 2.15. The van der Waals surface area contributed by atoms with Crippen molar-refractivity contribution in [2.45, 2.75) is 47.1 Å². The minimum atomic E-state index is -0.492. The van der Waals surface area contributed by atoms with E-state index >= 15 is 0 Å². The van der Waals surface area contributed by atoms with Crippen LogP contribution in [0.5, 0.6) is 0 Å². The molecule has 0 aliphatic carbocycles. The van der Waals surface area contributed by atoms with E-state index < -0.39 is 6.04 Å². The van der Waals surface area contributed by atoms with Crippen molar-refractivity contribution in [1.82, 2.24) is 5.32 Å². The maximum atomic E-state index is 12.3. The van der Waals surface area contributed by atoms with E-state index in [0.717, 1.165) is 11.3 Å². The van der Waals surface area contributed by atoms with Gasteiger partial charge in [0.2, 0.25) is 11.8 Å². The Morgan fingerprint density at radius 3 is 2.30 bits per heavy atom. The maximum Gasteiger partial charge on any atom is 0.246 e. The zero-order valence-electron chi connectivity index (χ0n) is 12.9. The molecular weight excluding hydrogens is 252 g/mol. The van der Waals surface area contributed by atoms with Gasteiger partial charge in [-0.25, -0.2) is 0 Å². The molecule has 0 bridgehead atoms. The number of nitrogens with one attached hydrogen (secondary N) is 2. The van der Waals surface area contributed by atoms with Gasteiger partial charge < -0.3 is 10.6 Å². The lowest BCUT2D eigenvalue weighted by Crippen LogP contribution is -2.43. The van der Waals surface area contributed by atoms with Crippen LogP contribution in [0.15, 0.2) is 18.2 Å².